The van der Waals surface area contributed by atoms with Gasteiger partial charge >= 0.3 is 0 Å². The number of likely N-dealkylation sites (tertiary alicyclic amines) is 1. The monoisotopic (exact) mass is 325 g/mol. The second-order valence-electron chi connectivity index (χ2n) is 7.09. The number of pyridine rings is 1. The van der Waals surface area contributed by atoms with Crippen LogP contribution in [0.15, 0.2) is 24.5 Å². The quantitative estimate of drug-likeness (QED) is 0.869. The summed E-state index contributed by atoms with van der Waals surface area (Å²) in [5.74, 6) is 1.35. The number of carbonyl (C=O) groups excluding carboxylic acids is 1. The van der Waals surface area contributed by atoms with E-state index >= 15 is 0 Å². The van der Waals surface area contributed by atoms with Gasteiger partial charge in [-0.05, 0) is 44.2 Å². The van der Waals surface area contributed by atoms with Crippen LogP contribution in [0.5, 0.6) is 0 Å². The molecule has 2 aromatic heterocycles. The van der Waals surface area contributed by atoms with Crippen molar-refractivity contribution in [3.63, 3.8) is 0 Å². The van der Waals surface area contributed by atoms with Crippen molar-refractivity contribution < 1.29 is 4.79 Å². The molecule has 1 saturated heterocycles. The summed E-state index contributed by atoms with van der Waals surface area (Å²) < 4.78 is 2.11. The predicted octanol–water partition coefficient (Wildman–Crippen LogP) is 2.41. The number of carbonyl (C=O) groups is 1. The largest absolute Gasteiger partial charge is 0.336 e. The number of aromatic nitrogens is 4. The van der Waals surface area contributed by atoms with E-state index in [2.05, 4.69) is 26.7 Å². The standard InChI is InChI=1S/C18H23N5O/c1-3-22-12-19-21-16(22)14-10-23(11-18(14)8-5-9-18)17(24)15-7-4-6-13(2)20-15/h4,6-7,12,14H,3,5,8-11H2,1-2H3. The number of rotatable bonds is 3. The first-order chi connectivity index (χ1) is 11.6. The molecule has 1 unspecified atom stereocenters. The van der Waals surface area contributed by atoms with Gasteiger partial charge in [0.25, 0.3) is 5.91 Å². The third kappa shape index (κ3) is 2.32. The fourth-order valence-corrected chi connectivity index (χ4v) is 4.22. The van der Waals surface area contributed by atoms with Gasteiger partial charge in [-0.15, -0.1) is 10.2 Å². The van der Waals surface area contributed by atoms with Gasteiger partial charge in [-0.2, -0.15) is 0 Å². The van der Waals surface area contributed by atoms with Crippen LogP contribution in [0.3, 0.4) is 0 Å². The smallest absolute Gasteiger partial charge is 0.272 e. The molecule has 1 aliphatic carbocycles. The minimum Gasteiger partial charge on any atom is -0.336 e. The first-order valence-electron chi connectivity index (χ1n) is 8.73. The van der Waals surface area contributed by atoms with Crippen LogP contribution in [0.25, 0.3) is 0 Å². The molecule has 0 N–H and O–H groups in total. The van der Waals surface area contributed by atoms with Gasteiger partial charge in [0.1, 0.15) is 17.8 Å². The van der Waals surface area contributed by atoms with Crippen LogP contribution in [0.4, 0.5) is 0 Å². The Morgan fingerprint density at radius 2 is 2.21 bits per heavy atom. The molecule has 6 heteroatoms. The van der Waals surface area contributed by atoms with Gasteiger partial charge in [-0.1, -0.05) is 12.5 Å². The Labute approximate surface area is 141 Å². The van der Waals surface area contributed by atoms with Crippen LogP contribution in [0.1, 0.15) is 54.1 Å². The van der Waals surface area contributed by atoms with Crippen LogP contribution < -0.4 is 0 Å². The van der Waals surface area contributed by atoms with Crippen LogP contribution in [0, 0.1) is 12.3 Å². The lowest BCUT2D eigenvalue weighted by molar-refractivity contribution is 0.0717. The van der Waals surface area contributed by atoms with Crippen molar-refractivity contribution in [2.75, 3.05) is 13.1 Å². The summed E-state index contributed by atoms with van der Waals surface area (Å²) >= 11 is 0. The van der Waals surface area contributed by atoms with Crippen molar-refractivity contribution in [3.05, 3.63) is 41.7 Å². The van der Waals surface area contributed by atoms with Crippen molar-refractivity contribution in [1.29, 1.82) is 0 Å². The van der Waals surface area contributed by atoms with Crippen molar-refractivity contribution in [2.45, 2.75) is 45.6 Å². The van der Waals surface area contributed by atoms with Crippen molar-refractivity contribution in [2.24, 2.45) is 5.41 Å². The van der Waals surface area contributed by atoms with E-state index in [4.69, 9.17) is 0 Å². The van der Waals surface area contributed by atoms with E-state index in [1.807, 2.05) is 30.0 Å². The van der Waals surface area contributed by atoms with Crippen molar-refractivity contribution >= 4 is 5.91 Å². The lowest BCUT2D eigenvalue weighted by atomic mass is 9.62. The molecular formula is C18H23N5O. The number of aryl methyl sites for hydroxylation is 2. The Balaban J connectivity index is 1.63. The Kier molecular flexibility index (Phi) is 3.62. The number of nitrogens with zero attached hydrogens (tertiary/aromatic N) is 5. The molecule has 0 radical (unpaired) electrons. The van der Waals surface area contributed by atoms with E-state index in [1.165, 1.54) is 19.3 Å². The Morgan fingerprint density at radius 1 is 1.38 bits per heavy atom. The zero-order chi connectivity index (χ0) is 16.7. The lowest BCUT2D eigenvalue weighted by Crippen LogP contribution is -2.38. The molecule has 0 aromatic carbocycles. The van der Waals surface area contributed by atoms with Gasteiger partial charge < -0.3 is 9.47 Å². The molecule has 1 aliphatic heterocycles. The van der Waals surface area contributed by atoms with Gasteiger partial charge in [0.15, 0.2) is 0 Å². The fourth-order valence-electron chi connectivity index (χ4n) is 4.22. The minimum absolute atomic E-state index is 0.0371. The summed E-state index contributed by atoms with van der Waals surface area (Å²) in [6.07, 6.45) is 5.37. The van der Waals surface area contributed by atoms with Gasteiger partial charge in [-0.25, -0.2) is 4.98 Å². The number of hydrogen-bond acceptors (Lipinski definition) is 4. The second kappa shape index (κ2) is 5.69. The highest BCUT2D eigenvalue weighted by Gasteiger charge is 2.53. The average Bonchev–Trinajstić information content (AvgIpc) is 3.17. The first-order valence-corrected chi connectivity index (χ1v) is 8.73. The van der Waals surface area contributed by atoms with E-state index in [9.17, 15) is 4.79 Å². The lowest BCUT2D eigenvalue weighted by Gasteiger charge is -2.42. The van der Waals surface area contributed by atoms with Gasteiger partial charge in [0.2, 0.25) is 0 Å². The molecule has 1 saturated carbocycles. The summed E-state index contributed by atoms with van der Waals surface area (Å²) in [6.45, 7) is 6.41. The van der Waals surface area contributed by atoms with Gasteiger partial charge in [-0.3, -0.25) is 4.79 Å². The summed E-state index contributed by atoms with van der Waals surface area (Å²) in [6, 6.07) is 5.63. The minimum atomic E-state index is 0.0371. The highest BCUT2D eigenvalue weighted by molar-refractivity contribution is 5.92. The van der Waals surface area contributed by atoms with E-state index in [-0.39, 0.29) is 17.2 Å². The Bertz CT molecular complexity index is 764. The molecule has 126 valence electrons. The molecule has 2 aromatic rings. The van der Waals surface area contributed by atoms with E-state index in [0.717, 1.165) is 24.6 Å². The molecule has 4 rings (SSSR count). The summed E-state index contributed by atoms with van der Waals surface area (Å²) in [5.41, 5.74) is 1.60. The molecule has 24 heavy (non-hydrogen) atoms. The topological polar surface area (TPSA) is 63.9 Å². The highest BCUT2D eigenvalue weighted by atomic mass is 16.2. The summed E-state index contributed by atoms with van der Waals surface area (Å²) in [5, 5.41) is 8.48. The van der Waals surface area contributed by atoms with E-state index in [1.54, 1.807) is 6.33 Å². The third-order valence-electron chi connectivity index (χ3n) is 5.69. The molecule has 2 aliphatic rings. The van der Waals surface area contributed by atoms with Gasteiger partial charge in [0, 0.05) is 31.2 Å². The van der Waals surface area contributed by atoms with E-state index < -0.39 is 0 Å². The maximum Gasteiger partial charge on any atom is 0.272 e. The van der Waals surface area contributed by atoms with Crippen LogP contribution in [-0.4, -0.2) is 43.6 Å². The normalized spacial score (nSPS) is 21.9. The molecule has 1 spiro atoms. The van der Waals surface area contributed by atoms with Crippen LogP contribution >= 0.6 is 0 Å². The van der Waals surface area contributed by atoms with Crippen molar-refractivity contribution in [3.8, 4) is 0 Å². The zero-order valence-corrected chi connectivity index (χ0v) is 14.3. The Hall–Kier alpha value is -2.24. The zero-order valence-electron chi connectivity index (χ0n) is 14.3. The molecule has 3 heterocycles. The molecule has 2 fully saturated rings. The summed E-state index contributed by atoms with van der Waals surface area (Å²) in [7, 11) is 0. The molecule has 0 bridgehead atoms. The molecule has 1 amide bonds. The maximum atomic E-state index is 12.9. The molecule has 1 atom stereocenters. The third-order valence-corrected chi connectivity index (χ3v) is 5.69. The van der Waals surface area contributed by atoms with Crippen LogP contribution in [-0.2, 0) is 6.54 Å². The number of hydrogen-bond donors (Lipinski definition) is 0. The fraction of sp³-hybridized carbons (Fsp3) is 0.556. The number of amides is 1. The van der Waals surface area contributed by atoms with E-state index in [0.29, 0.717) is 12.2 Å². The maximum absolute atomic E-state index is 12.9. The van der Waals surface area contributed by atoms with Crippen molar-refractivity contribution in [1.82, 2.24) is 24.6 Å². The van der Waals surface area contributed by atoms with Crippen LogP contribution in [0.2, 0.25) is 0 Å². The first kappa shape index (κ1) is 15.3. The second-order valence-corrected chi connectivity index (χ2v) is 7.09. The highest BCUT2D eigenvalue weighted by Crippen LogP contribution is 2.55. The SMILES string of the molecule is CCn1cnnc1C1CN(C(=O)c2cccc(C)n2)CC12CCC2. The Morgan fingerprint density at radius 3 is 2.88 bits per heavy atom. The predicted molar refractivity (Wildman–Crippen MR) is 89.6 cm³/mol. The molecule has 6 nitrogen and oxygen atoms in total. The van der Waals surface area contributed by atoms with Gasteiger partial charge in [0.05, 0.1) is 0 Å². The summed E-state index contributed by atoms with van der Waals surface area (Å²) in [4.78, 5) is 19.3. The average molecular weight is 325 g/mol. The molecular weight excluding hydrogens is 302 g/mol.